The second-order valence-corrected chi connectivity index (χ2v) is 8.34. The van der Waals surface area contributed by atoms with E-state index in [1.165, 1.54) is 25.5 Å². The highest BCUT2D eigenvalue weighted by molar-refractivity contribution is 7.89. The van der Waals surface area contributed by atoms with Gasteiger partial charge in [-0.3, -0.25) is 4.68 Å². The number of sulfonamides is 1. The van der Waals surface area contributed by atoms with Crippen molar-refractivity contribution in [1.82, 2.24) is 24.1 Å². The molecular formula is C17H21N5O2S. The molecule has 0 aliphatic heterocycles. The fourth-order valence-electron chi connectivity index (χ4n) is 3.64. The summed E-state index contributed by atoms with van der Waals surface area (Å²) in [4.78, 5) is 4.96. The van der Waals surface area contributed by atoms with Gasteiger partial charge in [0.2, 0.25) is 10.0 Å². The Hall–Kier alpha value is -2.19. The van der Waals surface area contributed by atoms with Crippen LogP contribution in [0.25, 0.3) is 22.6 Å². The molecule has 0 saturated carbocycles. The molecule has 25 heavy (non-hydrogen) atoms. The van der Waals surface area contributed by atoms with E-state index in [0.717, 1.165) is 35.6 Å². The zero-order chi connectivity index (χ0) is 17.8. The number of rotatable bonds is 3. The Bertz CT molecular complexity index is 1080. The fraction of sp³-hybridized carbons (Fsp3) is 0.412. The van der Waals surface area contributed by atoms with Crippen LogP contribution >= 0.6 is 0 Å². The van der Waals surface area contributed by atoms with E-state index in [1.807, 2.05) is 23.3 Å². The molecule has 132 valence electrons. The lowest BCUT2D eigenvalue weighted by atomic mass is 9.95. The van der Waals surface area contributed by atoms with Crippen LogP contribution < -0.4 is 4.72 Å². The maximum atomic E-state index is 12.1. The number of fused-ring (bicyclic) bond motifs is 2. The van der Waals surface area contributed by atoms with Gasteiger partial charge in [-0.15, -0.1) is 0 Å². The van der Waals surface area contributed by atoms with Crippen LogP contribution in [-0.4, -0.2) is 34.8 Å². The molecule has 0 unspecified atom stereocenters. The number of imidazole rings is 1. The predicted octanol–water partition coefficient (Wildman–Crippen LogP) is 1.76. The number of hydrogen-bond donors (Lipinski definition) is 1. The third kappa shape index (κ3) is 2.47. The molecule has 0 spiro atoms. The summed E-state index contributed by atoms with van der Waals surface area (Å²) in [7, 11) is 1.83. The first-order chi connectivity index (χ1) is 11.9. The molecular weight excluding hydrogens is 338 g/mol. The second-order valence-electron chi connectivity index (χ2n) is 6.46. The molecule has 0 bridgehead atoms. The molecule has 0 radical (unpaired) electrons. The number of nitrogens with one attached hydrogen (secondary N) is 1. The molecule has 7 nitrogen and oxygen atoms in total. The lowest BCUT2D eigenvalue weighted by Gasteiger charge is -2.11. The summed E-state index contributed by atoms with van der Waals surface area (Å²) in [6, 6.07) is 5.03. The van der Waals surface area contributed by atoms with Crippen LogP contribution in [0.3, 0.4) is 0 Å². The largest absolute Gasteiger partial charge is 0.326 e. The third-order valence-corrected chi connectivity index (χ3v) is 6.37. The summed E-state index contributed by atoms with van der Waals surface area (Å²) in [5.74, 6) is 0.826. The number of aryl methyl sites for hydroxylation is 3. The van der Waals surface area contributed by atoms with Crippen molar-refractivity contribution in [2.45, 2.75) is 30.6 Å². The van der Waals surface area contributed by atoms with Crippen LogP contribution in [-0.2, 0) is 37.0 Å². The van der Waals surface area contributed by atoms with Crippen molar-refractivity contribution in [2.75, 3.05) is 7.05 Å². The molecule has 0 atom stereocenters. The molecule has 0 saturated heterocycles. The zero-order valence-electron chi connectivity index (χ0n) is 14.6. The fourth-order valence-corrected chi connectivity index (χ4v) is 4.39. The van der Waals surface area contributed by atoms with Crippen LogP contribution in [0.4, 0.5) is 0 Å². The van der Waals surface area contributed by atoms with Crippen LogP contribution in [0, 0.1) is 0 Å². The van der Waals surface area contributed by atoms with Crippen LogP contribution in [0.2, 0.25) is 0 Å². The maximum absolute atomic E-state index is 12.1. The molecule has 1 N–H and O–H groups in total. The average molecular weight is 359 g/mol. The summed E-state index contributed by atoms with van der Waals surface area (Å²) in [6.07, 6.45) is 4.37. The molecule has 1 aliphatic rings. The van der Waals surface area contributed by atoms with E-state index in [-0.39, 0.29) is 4.90 Å². The van der Waals surface area contributed by atoms with Gasteiger partial charge in [-0.25, -0.2) is 18.1 Å². The van der Waals surface area contributed by atoms with Gasteiger partial charge in [-0.05, 0) is 50.9 Å². The van der Waals surface area contributed by atoms with Gasteiger partial charge in [0, 0.05) is 19.7 Å². The van der Waals surface area contributed by atoms with E-state index in [9.17, 15) is 8.42 Å². The number of hydrogen-bond acceptors (Lipinski definition) is 4. The Balaban J connectivity index is 1.92. The minimum absolute atomic E-state index is 0.221. The molecule has 0 fully saturated rings. The number of aromatic nitrogens is 4. The van der Waals surface area contributed by atoms with Gasteiger partial charge in [0.15, 0.2) is 5.82 Å². The van der Waals surface area contributed by atoms with Crippen LogP contribution in [0.15, 0.2) is 23.1 Å². The van der Waals surface area contributed by atoms with Gasteiger partial charge >= 0.3 is 0 Å². The van der Waals surface area contributed by atoms with Crippen molar-refractivity contribution in [3.05, 3.63) is 29.5 Å². The van der Waals surface area contributed by atoms with Crippen molar-refractivity contribution in [1.29, 1.82) is 0 Å². The minimum Gasteiger partial charge on any atom is -0.326 e. The van der Waals surface area contributed by atoms with Crippen molar-refractivity contribution < 1.29 is 8.42 Å². The Morgan fingerprint density at radius 3 is 2.68 bits per heavy atom. The summed E-state index contributed by atoms with van der Waals surface area (Å²) >= 11 is 0. The highest BCUT2D eigenvalue weighted by Crippen LogP contribution is 2.32. The van der Waals surface area contributed by atoms with E-state index in [2.05, 4.69) is 9.82 Å². The van der Waals surface area contributed by atoms with E-state index >= 15 is 0 Å². The van der Waals surface area contributed by atoms with E-state index in [1.54, 1.807) is 18.2 Å². The summed E-state index contributed by atoms with van der Waals surface area (Å²) in [6.45, 7) is 0. The van der Waals surface area contributed by atoms with Gasteiger partial charge in [-0.1, -0.05) is 0 Å². The smallest absolute Gasteiger partial charge is 0.240 e. The van der Waals surface area contributed by atoms with Crippen LogP contribution in [0.5, 0.6) is 0 Å². The van der Waals surface area contributed by atoms with Gasteiger partial charge in [-0.2, -0.15) is 5.10 Å². The first-order valence-corrected chi connectivity index (χ1v) is 9.86. The summed E-state index contributed by atoms with van der Waals surface area (Å²) < 4.78 is 30.4. The molecule has 3 aromatic rings. The Labute approximate surface area is 146 Å². The number of benzene rings is 1. The van der Waals surface area contributed by atoms with Crippen molar-refractivity contribution in [3.8, 4) is 11.5 Å². The Morgan fingerprint density at radius 2 is 1.92 bits per heavy atom. The molecule has 2 heterocycles. The predicted molar refractivity (Wildman–Crippen MR) is 95.8 cm³/mol. The van der Waals surface area contributed by atoms with Gasteiger partial charge in [0.25, 0.3) is 0 Å². The number of nitrogens with zero attached hydrogens (tertiary/aromatic N) is 4. The van der Waals surface area contributed by atoms with Crippen molar-refractivity contribution in [3.63, 3.8) is 0 Å². The SMILES string of the molecule is CNS(=O)(=O)c1ccc2c(c1)nc(-c1c3c(nn1C)CCCC3)n2C. The molecule has 4 rings (SSSR count). The Kier molecular flexibility index (Phi) is 3.69. The van der Waals surface area contributed by atoms with Crippen molar-refractivity contribution in [2.24, 2.45) is 14.1 Å². The lowest BCUT2D eigenvalue weighted by molar-refractivity contribution is 0.588. The van der Waals surface area contributed by atoms with Crippen LogP contribution in [0.1, 0.15) is 24.1 Å². The highest BCUT2D eigenvalue weighted by atomic mass is 32.2. The summed E-state index contributed by atoms with van der Waals surface area (Å²) in [5, 5.41) is 4.67. The first-order valence-electron chi connectivity index (χ1n) is 8.37. The standard InChI is InChI=1S/C17H21N5O2S/c1-18-25(23,24)11-8-9-15-14(10-11)19-17(21(15)2)16-12-6-4-5-7-13(12)20-22(16)3/h8-10,18H,4-7H2,1-3H3. The van der Waals surface area contributed by atoms with Gasteiger partial charge in [0.05, 0.1) is 21.6 Å². The van der Waals surface area contributed by atoms with E-state index < -0.39 is 10.0 Å². The van der Waals surface area contributed by atoms with Crippen molar-refractivity contribution >= 4 is 21.1 Å². The minimum atomic E-state index is -3.49. The zero-order valence-corrected chi connectivity index (χ0v) is 15.4. The normalized spacial score (nSPS) is 14.8. The quantitative estimate of drug-likeness (QED) is 0.773. The monoisotopic (exact) mass is 359 g/mol. The van der Waals surface area contributed by atoms with E-state index in [4.69, 9.17) is 4.98 Å². The molecule has 0 amide bonds. The maximum Gasteiger partial charge on any atom is 0.240 e. The average Bonchev–Trinajstić information content (AvgIpc) is 3.10. The topological polar surface area (TPSA) is 81.8 Å². The lowest BCUT2D eigenvalue weighted by Crippen LogP contribution is -2.18. The third-order valence-electron chi connectivity index (χ3n) is 4.96. The van der Waals surface area contributed by atoms with Gasteiger partial charge in [0.1, 0.15) is 5.69 Å². The second kappa shape index (κ2) is 5.67. The molecule has 1 aromatic carbocycles. The molecule has 2 aromatic heterocycles. The summed E-state index contributed by atoms with van der Waals surface area (Å²) in [5.41, 5.74) is 5.03. The molecule has 8 heteroatoms. The Morgan fingerprint density at radius 1 is 1.16 bits per heavy atom. The molecule has 1 aliphatic carbocycles. The van der Waals surface area contributed by atoms with Gasteiger partial charge < -0.3 is 4.57 Å². The van der Waals surface area contributed by atoms with E-state index in [0.29, 0.717) is 5.52 Å². The highest BCUT2D eigenvalue weighted by Gasteiger charge is 2.24. The first kappa shape index (κ1) is 16.3.